The minimum Gasteiger partial charge on any atom is -0.388 e. The van der Waals surface area contributed by atoms with Crippen LogP contribution in [0, 0.1) is 0 Å². The molecule has 2 aromatic rings. The molecule has 0 amide bonds. The van der Waals surface area contributed by atoms with Crippen molar-refractivity contribution in [3.05, 3.63) is 65.7 Å². The molecule has 6 heteroatoms. The molecule has 3 N–H and O–H groups in total. The Balaban J connectivity index is 0.00000364. The van der Waals surface area contributed by atoms with E-state index in [0.29, 0.717) is 19.5 Å². The van der Waals surface area contributed by atoms with Gasteiger partial charge in [-0.1, -0.05) is 42.5 Å². The highest BCUT2D eigenvalue weighted by molar-refractivity contribution is 14.0. The molecule has 2 rings (SSSR count). The first kappa shape index (κ1) is 23.2. The van der Waals surface area contributed by atoms with Crippen LogP contribution in [0.4, 0.5) is 5.69 Å². The van der Waals surface area contributed by atoms with Crippen LogP contribution in [-0.4, -0.2) is 38.3 Å². The van der Waals surface area contributed by atoms with Crippen LogP contribution >= 0.6 is 24.0 Å². The lowest BCUT2D eigenvalue weighted by atomic mass is 10.1. The van der Waals surface area contributed by atoms with Gasteiger partial charge in [-0.05, 0) is 36.6 Å². The molecule has 0 fully saturated rings. The van der Waals surface area contributed by atoms with Crippen molar-refractivity contribution < 1.29 is 5.11 Å². The number of hydrogen-bond donors (Lipinski definition) is 3. The predicted molar refractivity (Wildman–Crippen MR) is 125 cm³/mol. The summed E-state index contributed by atoms with van der Waals surface area (Å²) in [6.45, 7) is 4.11. The van der Waals surface area contributed by atoms with Crippen LogP contribution in [0.3, 0.4) is 0 Å². The number of hydrogen-bond acceptors (Lipinski definition) is 3. The SMILES string of the molecule is CCNC(=NCc1ccc(N(C)C)cc1)NCCC(O)c1ccccc1.I. The summed E-state index contributed by atoms with van der Waals surface area (Å²) in [6, 6.07) is 18.1. The smallest absolute Gasteiger partial charge is 0.191 e. The molecule has 27 heavy (non-hydrogen) atoms. The van der Waals surface area contributed by atoms with Gasteiger partial charge in [-0.15, -0.1) is 24.0 Å². The Labute approximate surface area is 179 Å². The van der Waals surface area contributed by atoms with Crippen molar-refractivity contribution in [3.63, 3.8) is 0 Å². The van der Waals surface area contributed by atoms with Crippen molar-refractivity contribution in [2.45, 2.75) is 26.0 Å². The summed E-state index contributed by atoms with van der Waals surface area (Å²) in [5.41, 5.74) is 3.28. The van der Waals surface area contributed by atoms with Gasteiger partial charge in [0.2, 0.25) is 0 Å². The Morgan fingerprint density at radius 3 is 2.30 bits per heavy atom. The highest BCUT2D eigenvalue weighted by Crippen LogP contribution is 2.15. The first-order valence-corrected chi connectivity index (χ1v) is 9.11. The lowest BCUT2D eigenvalue weighted by Crippen LogP contribution is -2.38. The minimum absolute atomic E-state index is 0. The third-order valence-electron chi connectivity index (χ3n) is 4.11. The number of aliphatic hydroxyl groups excluding tert-OH is 1. The molecular weight excluding hydrogens is 451 g/mol. The van der Waals surface area contributed by atoms with E-state index in [1.165, 1.54) is 5.69 Å². The van der Waals surface area contributed by atoms with Crippen LogP contribution in [0.5, 0.6) is 0 Å². The molecule has 0 aliphatic heterocycles. The second-order valence-electron chi connectivity index (χ2n) is 6.40. The third-order valence-corrected chi connectivity index (χ3v) is 4.11. The Hall–Kier alpha value is -1.80. The van der Waals surface area contributed by atoms with E-state index in [1.54, 1.807) is 0 Å². The van der Waals surface area contributed by atoms with Crippen LogP contribution in [0.1, 0.15) is 30.6 Å². The van der Waals surface area contributed by atoms with E-state index >= 15 is 0 Å². The minimum atomic E-state index is -0.467. The van der Waals surface area contributed by atoms with Gasteiger partial charge in [0.05, 0.1) is 12.6 Å². The predicted octanol–water partition coefficient (Wildman–Crippen LogP) is 3.55. The molecule has 2 aromatic carbocycles. The van der Waals surface area contributed by atoms with Crippen molar-refractivity contribution in [1.82, 2.24) is 10.6 Å². The Bertz CT molecular complexity index is 674. The van der Waals surface area contributed by atoms with Gasteiger partial charge in [-0.2, -0.15) is 0 Å². The number of halogens is 1. The molecule has 148 valence electrons. The average molecular weight is 482 g/mol. The number of nitrogens with one attached hydrogen (secondary N) is 2. The number of guanidine groups is 1. The molecule has 0 spiro atoms. The fourth-order valence-corrected chi connectivity index (χ4v) is 2.58. The maximum absolute atomic E-state index is 10.2. The molecular formula is C21H31IN4O. The number of aliphatic imine (C=N–C) groups is 1. The first-order valence-electron chi connectivity index (χ1n) is 9.11. The molecule has 5 nitrogen and oxygen atoms in total. The lowest BCUT2D eigenvalue weighted by Gasteiger charge is -2.15. The van der Waals surface area contributed by atoms with Crippen LogP contribution in [-0.2, 0) is 6.54 Å². The van der Waals surface area contributed by atoms with E-state index in [4.69, 9.17) is 0 Å². The summed E-state index contributed by atoms with van der Waals surface area (Å²) >= 11 is 0. The van der Waals surface area contributed by atoms with Gasteiger partial charge in [0, 0.05) is 32.9 Å². The van der Waals surface area contributed by atoms with Gasteiger partial charge in [0.1, 0.15) is 0 Å². The summed E-state index contributed by atoms with van der Waals surface area (Å²) in [5.74, 6) is 0.768. The fraction of sp³-hybridized carbons (Fsp3) is 0.381. The molecule has 0 saturated carbocycles. The quantitative estimate of drug-likeness (QED) is 0.306. The summed E-state index contributed by atoms with van der Waals surface area (Å²) < 4.78 is 0. The van der Waals surface area contributed by atoms with E-state index in [0.717, 1.165) is 23.6 Å². The van der Waals surface area contributed by atoms with E-state index < -0.39 is 6.10 Å². The number of benzene rings is 2. The van der Waals surface area contributed by atoms with Crippen molar-refractivity contribution in [1.29, 1.82) is 0 Å². The number of aliphatic hydroxyl groups is 1. The highest BCUT2D eigenvalue weighted by Gasteiger charge is 2.07. The second kappa shape index (κ2) is 12.6. The average Bonchev–Trinajstić information content (AvgIpc) is 2.67. The van der Waals surface area contributed by atoms with Crippen LogP contribution in [0.2, 0.25) is 0 Å². The summed E-state index contributed by atoms with van der Waals surface area (Å²) in [5, 5.41) is 16.8. The summed E-state index contributed by atoms with van der Waals surface area (Å²) in [7, 11) is 4.06. The largest absolute Gasteiger partial charge is 0.388 e. The van der Waals surface area contributed by atoms with Crippen LogP contribution in [0.25, 0.3) is 0 Å². The van der Waals surface area contributed by atoms with E-state index in [2.05, 4.69) is 44.8 Å². The zero-order valence-corrected chi connectivity index (χ0v) is 18.7. The van der Waals surface area contributed by atoms with Crippen molar-refractivity contribution in [2.75, 3.05) is 32.1 Å². The molecule has 1 unspecified atom stereocenters. The van der Waals surface area contributed by atoms with Gasteiger partial charge in [-0.25, -0.2) is 4.99 Å². The first-order chi connectivity index (χ1) is 12.6. The van der Waals surface area contributed by atoms with Gasteiger partial charge < -0.3 is 20.6 Å². The topological polar surface area (TPSA) is 59.9 Å². The molecule has 0 aliphatic rings. The normalized spacial score (nSPS) is 12.1. The number of anilines is 1. The van der Waals surface area contributed by atoms with Gasteiger partial charge in [0.25, 0.3) is 0 Å². The Morgan fingerprint density at radius 2 is 1.70 bits per heavy atom. The zero-order valence-electron chi connectivity index (χ0n) is 16.4. The highest BCUT2D eigenvalue weighted by atomic mass is 127. The second-order valence-corrected chi connectivity index (χ2v) is 6.40. The maximum atomic E-state index is 10.2. The van der Waals surface area contributed by atoms with E-state index in [9.17, 15) is 5.11 Å². The summed E-state index contributed by atoms with van der Waals surface area (Å²) in [6.07, 6.45) is 0.163. The third kappa shape index (κ3) is 8.17. The lowest BCUT2D eigenvalue weighted by molar-refractivity contribution is 0.168. The van der Waals surface area contributed by atoms with Crippen LogP contribution in [0.15, 0.2) is 59.6 Å². The van der Waals surface area contributed by atoms with Crippen molar-refractivity contribution >= 4 is 35.6 Å². The molecule has 0 saturated heterocycles. The van der Waals surface area contributed by atoms with Crippen molar-refractivity contribution in [3.8, 4) is 0 Å². The van der Waals surface area contributed by atoms with Gasteiger partial charge in [0.15, 0.2) is 5.96 Å². The zero-order chi connectivity index (χ0) is 18.8. The molecule has 0 heterocycles. The summed E-state index contributed by atoms with van der Waals surface area (Å²) in [4.78, 5) is 6.71. The van der Waals surface area contributed by atoms with E-state index in [1.807, 2.05) is 51.4 Å². The molecule has 0 aliphatic carbocycles. The van der Waals surface area contributed by atoms with Gasteiger partial charge >= 0.3 is 0 Å². The fourth-order valence-electron chi connectivity index (χ4n) is 2.58. The molecule has 0 radical (unpaired) electrons. The maximum Gasteiger partial charge on any atom is 0.191 e. The molecule has 0 bridgehead atoms. The van der Waals surface area contributed by atoms with Gasteiger partial charge in [-0.3, -0.25) is 0 Å². The van der Waals surface area contributed by atoms with Crippen LogP contribution < -0.4 is 15.5 Å². The standard InChI is InChI=1S/C21H30N4O.HI/c1-4-22-21(23-15-14-20(26)18-8-6-5-7-9-18)24-16-17-10-12-19(13-11-17)25(2)3;/h5-13,20,26H,4,14-16H2,1-3H3,(H2,22,23,24);1H. The Morgan fingerprint density at radius 1 is 1.04 bits per heavy atom. The van der Waals surface area contributed by atoms with Crippen molar-refractivity contribution in [2.24, 2.45) is 4.99 Å². The Kier molecular flexibility index (Phi) is 10.8. The molecule has 0 aromatic heterocycles. The molecule has 1 atom stereocenters. The van der Waals surface area contributed by atoms with E-state index in [-0.39, 0.29) is 24.0 Å². The number of rotatable bonds is 8. The number of nitrogens with zero attached hydrogens (tertiary/aromatic N) is 2. The monoisotopic (exact) mass is 482 g/mol.